The fourth-order valence-corrected chi connectivity index (χ4v) is 1.48. The van der Waals surface area contributed by atoms with Crippen LogP contribution in [0, 0.1) is 11.8 Å². The van der Waals surface area contributed by atoms with Crippen LogP contribution in [-0.4, -0.2) is 6.54 Å². The Morgan fingerprint density at radius 1 is 1.56 bits per heavy atom. The predicted octanol–water partition coefficient (Wildman–Crippen LogP) is 1.77. The van der Waals surface area contributed by atoms with Crippen molar-refractivity contribution in [1.29, 1.82) is 0 Å². The summed E-state index contributed by atoms with van der Waals surface area (Å²) < 4.78 is 0. The molecule has 0 saturated heterocycles. The van der Waals surface area contributed by atoms with Gasteiger partial charge in [0.05, 0.1) is 0 Å². The van der Waals surface area contributed by atoms with Crippen LogP contribution in [0.3, 0.4) is 0 Å². The van der Waals surface area contributed by atoms with Gasteiger partial charge in [-0.05, 0) is 37.6 Å². The highest BCUT2D eigenvalue weighted by atomic mass is 14.6. The Labute approximate surface area is 57.6 Å². The summed E-state index contributed by atoms with van der Waals surface area (Å²) in [5.41, 5.74) is 5.60. The van der Waals surface area contributed by atoms with Gasteiger partial charge >= 0.3 is 0 Å². The number of hydrogen-bond acceptors (Lipinski definition) is 1. The summed E-state index contributed by atoms with van der Waals surface area (Å²) in [6, 6.07) is 0. The third-order valence-corrected chi connectivity index (χ3v) is 2.25. The Morgan fingerprint density at radius 2 is 2.22 bits per heavy atom. The lowest BCUT2D eigenvalue weighted by Crippen LogP contribution is -2.15. The summed E-state index contributed by atoms with van der Waals surface area (Å²) in [5.74, 6) is 1.87. The maximum atomic E-state index is 5.60. The molecule has 1 nitrogen and oxygen atoms in total. The van der Waals surface area contributed by atoms with Crippen molar-refractivity contribution in [2.24, 2.45) is 17.6 Å². The number of hydrogen-bond donors (Lipinski definition) is 1. The molecule has 1 rings (SSSR count). The summed E-state index contributed by atoms with van der Waals surface area (Å²) in [6.45, 7) is 3.16. The third-order valence-electron chi connectivity index (χ3n) is 2.25. The van der Waals surface area contributed by atoms with Crippen molar-refractivity contribution < 1.29 is 0 Å². The molecule has 0 aromatic rings. The number of nitrogens with two attached hydrogens (primary N) is 1. The predicted molar refractivity (Wildman–Crippen MR) is 40.2 cm³/mol. The quantitative estimate of drug-likeness (QED) is 0.612. The zero-order valence-electron chi connectivity index (χ0n) is 6.27. The normalized spacial score (nSPS) is 22.0. The molecular formula is C8H17N. The minimum Gasteiger partial charge on any atom is -0.330 e. The van der Waals surface area contributed by atoms with Gasteiger partial charge in [0.2, 0.25) is 0 Å². The maximum absolute atomic E-state index is 5.60. The topological polar surface area (TPSA) is 26.0 Å². The highest BCUT2D eigenvalue weighted by Crippen LogP contribution is 2.38. The van der Waals surface area contributed by atoms with E-state index in [0.717, 1.165) is 18.4 Å². The van der Waals surface area contributed by atoms with Gasteiger partial charge in [-0.3, -0.25) is 0 Å². The van der Waals surface area contributed by atoms with Gasteiger partial charge in [0.15, 0.2) is 0 Å². The van der Waals surface area contributed by atoms with Crippen molar-refractivity contribution in [1.82, 2.24) is 0 Å². The molecule has 0 heterocycles. The molecule has 1 atom stereocenters. The molecule has 2 N–H and O–H groups in total. The smallest absolute Gasteiger partial charge is 0.00462 e. The first-order valence-corrected chi connectivity index (χ1v) is 4.08. The third kappa shape index (κ3) is 1.98. The van der Waals surface area contributed by atoms with Gasteiger partial charge in [0, 0.05) is 0 Å². The van der Waals surface area contributed by atoms with E-state index >= 15 is 0 Å². The molecule has 1 fully saturated rings. The van der Waals surface area contributed by atoms with Gasteiger partial charge in [-0.1, -0.05) is 13.3 Å². The van der Waals surface area contributed by atoms with Crippen molar-refractivity contribution in [3.05, 3.63) is 0 Å². The molecule has 9 heavy (non-hydrogen) atoms. The van der Waals surface area contributed by atoms with E-state index in [1.807, 2.05) is 0 Å². The minimum atomic E-state index is 0.856. The summed E-state index contributed by atoms with van der Waals surface area (Å²) >= 11 is 0. The molecule has 0 amide bonds. The van der Waals surface area contributed by atoms with E-state index < -0.39 is 0 Å². The fraction of sp³-hybridized carbons (Fsp3) is 1.00. The average molecular weight is 127 g/mol. The van der Waals surface area contributed by atoms with Crippen LogP contribution in [-0.2, 0) is 0 Å². The summed E-state index contributed by atoms with van der Waals surface area (Å²) in [6.07, 6.45) is 5.54. The molecule has 0 bridgehead atoms. The Hall–Kier alpha value is -0.0400. The first kappa shape index (κ1) is 7.07. The first-order chi connectivity index (χ1) is 4.38. The molecule has 0 radical (unpaired) electrons. The van der Waals surface area contributed by atoms with E-state index in [1.54, 1.807) is 0 Å². The van der Waals surface area contributed by atoms with Crippen LogP contribution in [0.1, 0.15) is 32.6 Å². The molecule has 0 aromatic carbocycles. The Bertz CT molecular complexity index is 76.6. The molecule has 1 heteroatoms. The van der Waals surface area contributed by atoms with Crippen LogP contribution in [0.5, 0.6) is 0 Å². The number of rotatable bonds is 4. The zero-order chi connectivity index (χ0) is 6.69. The van der Waals surface area contributed by atoms with E-state index in [0.29, 0.717) is 0 Å². The van der Waals surface area contributed by atoms with Crippen LogP contribution in [0.15, 0.2) is 0 Å². The fourth-order valence-electron chi connectivity index (χ4n) is 1.48. The molecule has 1 unspecified atom stereocenters. The van der Waals surface area contributed by atoms with Crippen molar-refractivity contribution in [2.45, 2.75) is 32.6 Å². The molecule has 0 spiro atoms. The van der Waals surface area contributed by atoms with Crippen molar-refractivity contribution in [2.75, 3.05) is 6.54 Å². The second kappa shape index (κ2) is 3.21. The first-order valence-electron chi connectivity index (χ1n) is 4.08. The molecule has 1 aliphatic rings. The Morgan fingerprint density at radius 3 is 2.56 bits per heavy atom. The van der Waals surface area contributed by atoms with Crippen LogP contribution in [0.25, 0.3) is 0 Å². The maximum Gasteiger partial charge on any atom is -0.00462 e. The molecule has 0 aliphatic heterocycles. The SMILES string of the molecule is CCCC(CN)C1CC1. The minimum absolute atomic E-state index is 0.856. The van der Waals surface area contributed by atoms with Crippen LogP contribution >= 0.6 is 0 Å². The van der Waals surface area contributed by atoms with Crippen LogP contribution in [0.2, 0.25) is 0 Å². The summed E-state index contributed by atoms with van der Waals surface area (Å²) in [5, 5.41) is 0. The van der Waals surface area contributed by atoms with Gasteiger partial charge in [0.25, 0.3) is 0 Å². The molecule has 0 aromatic heterocycles. The van der Waals surface area contributed by atoms with E-state index in [-0.39, 0.29) is 0 Å². The lowest BCUT2D eigenvalue weighted by Gasteiger charge is -2.10. The zero-order valence-corrected chi connectivity index (χ0v) is 6.27. The lowest BCUT2D eigenvalue weighted by molar-refractivity contribution is 0.434. The summed E-state index contributed by atoms with van der Waals surface area (Å²) in [7, 11) is 0. The highest BCUT2D eigenvalue weighted by molar-refractivity contribution is 4.81. The van der Waals surface area contributed by atoms with E-state index in [9.17, 15) is 0 Å². The lowest BCUT2D eigenvalue weighted by atomic mass is 9.99. The molecule has 1 saturated carbocycles. The van der Waals surface area contributed by atoms with Crippen LogP contribution in [0.4, 0.5) is 0 Å². The van der Waals surface area contributed by atoms with Gasteiger partial charge in [-0.15, -0.1) is 0 Å². The second-order valence-electron chi connectivity index (χ2n) is 3.12. The van der Waals surface area contributed by atoms with E-state index in [1.165, 1.54) is 25.7 Å². The Balaban J connectivity index is 2.12. The summed E-state index contributed by atoms with van der Waals surface area (Å²) in [4.78, 5) is 0. The molecule has 1 aliphatic carbocycles. The molecule has 54 valence electrons. The van der Waals surface area contributed by atoms with E-state index in [4.69, 9.17) is 5.73 Å². The van der Waals surface area contributed by atoms with Gasteiger partial charge in [-0.2, -0.15) is 0 Å². The van der Waals surface area contributed by atoms with Gasteiger partial charge in [-0.25, -0.2) is 0 Å². The molecular weight excluding hydrogens is 110 g/mol. The van der Waals surface area contributed by atoms with Crippen molar-refractivity contribution in [3.63, 3.8) is 0 Å². The second-order valence-corrected chi connectivity index (χ2v) is 3.12. The van der Waals surface area contributed by atoms with Gasteiger partial charge in [0.1, 0.15) is 0 Å². The Kier molecular flexibility index (Phi) is 2.52. The van der Waals surface area contributed by atoms with Crippen LogP contribution < -0.4 is 5.73 Å². The largest absolute Gasteiger partial charge is 0.330 e. The monoisotopic (exact) mass is 127 g/mol. The van der Waals surface area contributed by atoms with Crippen molar-refractivity contribution >= 4 is 0 Å². The van der Waals surface area contributed by atoms with Gasteiger partial charge < -0.3 is 5.73 Å². The standard InChI is InChI=1S/C8H17N/c1-2-3-8(6-9)7-4-5-7/h7-8H,2-6,9H2,1H3. The van der Waals surface area contributed by atoms with E-state index in [2.05, 4.69) is 6.92 Å². The highest BCUT2D eigenvalue weighted by Gasteiger charge is 2.28. The van der Waals surface area contributed by atoms with Crippen molar-refractivity contribution in [3.8, 4) is 0 Å². The average Bonchev–Trinajstić information content (AvgIpc) is 2.64.